The molecule has 0 radical (unpaired) electrons. The Morgan fingerprint density at radius 3 is 2.83 bits per heavy atom. The van der Waals surface area contributed by atoms with Crippen molar-refractivity contribution in [3.05, 3.63) is 10.6 Å². The topological polar surface area (TPSA) is 46.6 Å². The molecule has 1 aromatic rings. The summed E-state index contributed by atoms with van der Waals surface area (Å²) in [5.41, 5.74) is 1.02. The monoisotopic (exact) mass is 273 g/mol. The van der Waals surface area contributed by atoms with Gasteiger partial charge in [0.15, 0.2) is 5.13 Å². The van der Waals surface area contributed by atoms with E-state index in [0.717, 1.165) is 37.1 Å². The zero-order chi connectivity index (χ0) is 13.4. The Balaban J connectivity index is 2.66. The first-order valence-electron chi connectivity index (χ1n) is 6.13. The van der Waals surface area contributed by atoms with E-state index < -0.39 is 0 Å². The van der Waals surface area contributed by atoms with Gasteiger partial charge in [-0.1, -0.05) is 0 Å². The van der Waals surface area contributed by atoms with Crippen LogP contribution in [0.15, 0.2) is 0 Å². The van der Waals surface area contributed by atoms with Crippen molar-refractivity contribution in [2.45, 2.75) is 20.1 Å². The van der Waals surface area contributed by atoms with Crippen LogP contribution >= 0.6 is 11.3 Å². The van der Waals surface area contributed by atoms with Crippen LogP contribution in [-0.2, 0) is 22.6 Å². The van der Waals surface area contributed by atoms with E-state index in [1.54, 1.807) is 18.4 Å². The van der Waals surface area contributed by atoms with Crippen molar-refractivity contribution in [1.82, 2.24) is 10.3 Å². The highest BCUT2D eigenvalue weighted by atomic mass is 32.1. The molecule has 5 nitrogen and oxygen atoms in total. The Kier molecular flexibility index (Phi) is 7.19. The summed E-state index contributed by atoms with van der Waals surface area (Å²) in [6, 6.07) is 0. The molecule has 1 heterocycles. The van der Waals surface area contributed by atoms with Crippen molar-refractivity contribution < 1.29 is 9.47 Å². The molecular formula is C12H23N3O2S. The van der Waals surface area contributed by atoms with Gasteiger partial charge in [-0.05, 0) is 14.0 Å². The van der Waals surface area contributed by atoms with Gasteiger partial charge in [-0.25, -0.2) is 4.98 Å². The van der Waals surface area contributed by atoms with Gasteiger partial charge < -0.3 is 19.7 Å². The van der Waals surface area contributed by atoms with Gasteiger partial charge in [-0.2, -0.15) is 0 Å². The van der Waals surface area contributed by atoms with Crippen LogP contribution in [0.2, 0.25) is 0 Å². The minimum atomic E-state index is 0.562. The first-order chi connectivity index (χ1) is 8.72. The fourth-order valence-electron chi connectivity index (χ4n) is 1.52. The van der Waals surface area contributed by atoms with Crippen LogP contribution in [0.3, 0.4) is 0 Å². The van der Waals surface area contributed by atoms with Crippen LogP contribution in [0.1, 0.15) is 17.5 Å². The molecular weight excluding hydrogens is 250 g/mol. The molecule has 0 amide bonds. The number of hydrogen-bond acceptors (Lipinski definition) is 6. The normalized spacial score (nSPS) is 10.9. The largest absolute Gasteiger partial charge is 0.380 e. The summed E-state index contributed by atoms with van der Waals surface area (Å²) in [7, 11) is 5.67. The first kappa shape index (κ1) is 15.4. The fourth-order valence-corrected chi connectivity index (χ4v) is 2.58. The second-order valence-electron chi connectivity index (χ2n) is 3.95. The lowest BCUT2D eigenvalue weighted by molar-refractivity contribution is 0.154. The lowest BCUT2D eigenvalue weighted by atomic mass is 10.4. The minimum absolute atomic E-state index is 0.562. The molecule has 0 atom stereocenters. The number of rotatable bonds is 9. The maximum atomic E-state index is 5.36. The molecule has 0 aliphatic heterocycles. The third-order valence-electron chi connectivity index (χ3n) is 2.49. The Bertz CT molecular complexity index is 321. The van der Waals surface area contributed by atoms with E-state index in [0.29, 0.717) is 6.61 Å². The molecule has 0 aromatic carbocycles. The van der Waals surface area contributed by atoms with Crippen LogP contribution in [-0.4, -0.2) is 45.9 Å². The molecule has 0 saturated carbocycles. The van der Waals surface area contributed by atoms with Gasteiger partial charge in [0.25, 0.3) is 0 Å². The lowest BCUT2D eigenvalue weighted by Gasteiger charge is -2.15. The highest BCUT2D eigenvalue weighted by Crippen LogP contribution is 2.26. The highest BCUT2D eigenvalue weighted by molar-refractivity contribution is 7.15. The number of thiazole rings is 1. The zero-order valence-corrected chi connectivity index (χ0v) is 12.5. The average molecular weight is 273 g/mol. The number of ether oxygens (including phenoxy) is 2. The quantitative estimate of drug-likeness (QED) is 0.691. The lowest BCUT2D eigenvalue weighted by Crippen LogP contribution is -2.22. The van der Waals surface area contributed by atoms with E-state index in [1.165, 1.54) is 4.88 Å². The van der Waals surface area contributed by atoms with Gasteiger partial charge in [-0.15, -0.1) is 11.3 Å². The van der Waals surface area contributed by atoms with Crippen LogP contribution in [0, 0.1) is 0 Å². The first-order valence-corrected chi connectivity index (χ1v) is 6.95. The van der Waals surface area contributed by atoms with Crippen molar-refractivity contribution in [2.75, 3.05) is 45.9 Å². The van der Waals surface area contributed by atoms with E-state index in [9.17, 15) is 0 Å². The highest BCUT2D eigenvalue weighted by Gasteiger charge is 2.13. The molecule has 0 unspecified atom stereocenters. The third kappa shape index (κ3) is 4.53. The minimum Gasteiger partial charge on any atom is -0.380 e. The van der Waals surface area contributed by atoms with Crippen molar-refractivity contribution in [2.24, 2.45) is 0 Å². The van der Waals surface area contributed by atoms with Gasteiger partial charge in [0.1, 0.15) is 0 Å². The molecule has 0 saturated heterocycles. The summed E-state index contributed by atoms with van der Waals surface area (Å²) in [4.78, 5) is 7.98. The zero-order valence-electron chi connectivity index (χ0n) is 11.7. The third-order valence-corrected chi connectivity index (χ3v) is 3.70. The van der Waals surface area contributed by atoms with Crippen LogP contribution in [0.5, 0.6) is 0 Å². The summed E-state index contributed by atoms with van der Waals surface area (Å²) >= 11 is 1.71. The van der Waals surface area contributed by atoms with Crippen molar-refractivity contribution in [1.29, 1.82) is 0 Å². The summed E-state index contributed by atoms with van der Waals surface area (Å²) in [6.45, 7) is 5.74. The Morgan fingerprint density at radius 2 is 2.22 bits per heavy atom. The SMILES string of the molecule is CCOCCN(C)c1nc(COC)c(CNC)s1. The molecule has 0 spiro atoms. The predicted octanol–water partition coefficient (Wildman–Crippen LogP) is 1.48. The molecule has 6 heteroatoms. The standard InChI is InChI=1S/C12H23N3O2S/c1-5-17-7-6-15(3)12-14-10(9-16-4)11(18-12)8-13-2/h13H,5-9H2,1-4H3. The number of methoxy groups -OCH3 is 1. The smallest absolute Gasteiger partial charge is 0.185 e. The van der Waals surface area contributed by atoms with Gasteiger partial charge in [0.05, 0.1) is 18.9 Å². The number of anilines is 1. The van der Waals surface area contributed by atoms with Crippen molar-refractivity contribution in [3.63, 3.8) is 0 Å². The molecule has 1 aromatic heterocycles. The molecule has 104 valence electrons. The number of nitrogens with zero attached hydrogens (tertiary/aromatic N) is 2. The van der Waals surface area contributed by atoms with E-state index in [2.05, 4.69) is 15.2 Å². The molecule has 0 aliphatic carbocycles. The van der Waals surface area contributed by atoms with E-state index in [4.69, 9.17) is 9.47 Å². The van der Waals surface area contributed by atoms with Gasteiger partial charge in [0.2, 0.25) is 0 Å². The van der Waals surface area contributed by atoms with Gasteiger partial charge >= 0.3 is 0 Å². The van der Waals surface area contributed by atoms with E-state index in [-0.39, 0.29) is 0 Å². The van der Waals surface area contributed by atoms with Crippen molar-refractivity contribution >= 4 is 16.5 Å². The van der Waals surface area contributed by atoms with Gasteiger partial charge in [0, 0.05) is 38.7 Å². The molecule has 1 rings (SSSR count). The van der Waals surface area contributed by atoms with Crippen molar-refractivity contribution in [3.8, 4) is 0 Å². The maximum Gasteiger partial charge on any atom is 0.185 e. The predicted molar refractivity (Wildman–Crippen MR) is 75.4 cm³/mol. The van der Waals surface area contributed by atoms with E-state index >= 15 is 0 Å². The summed E-state index contributed by atoms with van der Waals surface area (Å²) in [6.07, 6.45) is 0. The molecule has 0 fully saturated rings. The summed E-state index contributed by atoms with van der Waals surface area (Å²) in [5.74, 6) is 0. The molecule has 1 N–H and O–H groups in total. The molecule has 18 heavy (non-hydrogen) atoms. The Labute approximate surface area is 113 Å². The summed E-state index contributed by atoms with van der Waals surface area (Å²) < 4.78 is 10.5. The van der Waals surface area contributed by atoms with E-state index in [1.807, 2.05) is 21.0 Å². The second kappa shape index (κ2) is 8.42. The number of hydrogen-bond donors (Lipinski definition) is 1. The number of aromatic nitrogens is 1. The fraction of sp³-hybridized carbons (Fsp3) is 0.750. The number of nitrogens with one attached hydrogen (secondary N) is 1. The van der Waals surface area contributed by atoms with Crippen LogP contribution in [0.25, 0.3) is 0 Å². The average Bonchev–Trinajstić information content (AvgIpc) is 2.74. The maximum absolute atomic E-state index is 5.36. The second-order valence-corrected chi connectivity index (χ2v) is 5.01. The Hall–Kier alpha value is -0.690. The van der Waals surface area contributed by atoms with Gasteiger partial charge in [-0.3, -0.25) is 0 Å². The van der Waals surface area contributed by atoms with Crippen LogP contribution < -0.4 is 10.2 Å². The molecule has 0 aliphatic rings. The molecule has 0 bridgehead atoms. The number of likely N-dealkylation sites (N-methyl/N-ethyl adjacent to an activating group) is 1. The van der Waals surface area contributed by atoms with Crippen LogP contribution in [0.4, 0.5) is 5.13 Å². The summed E-state index contributed by atoms with van der Waals surface area (Å²) in [5, 5.41) is 4.18. The Morgan fingerprint density at radius 1 is 1.44 bits per heavy atom.